The number of anilines is 3. The maximum Gasteiger partial charge on any atom is 0.258 e. The molecule has 2 aromatic rings. The van der Waals surface area contributed by atoms with Gasteiger partial charge in [0.15, 0.2) is 5.82 Å². The second kappa shape index (κ2) is 5.78. The summed E-state index contributed by atoms with van der Waals surface area (Å²) < 4.78 is 27.0. The predicted molar refractivity (Wildman–Crippen MR) is 79.5 cm³/mol. The number of carbonyl (C=O) groups excluding carboxylic acids is 1. The molecule has 0 aliphatic rings. The zero-order valence-corrected chi connectivity index (χ0v) is 11.7. The molecule has 0 saturated carbocycles. The minimum absolute atomic E-state index is 0.401. The van der Waals surface area contributed by atoms with Crippen molar-refractivity contribution in [1.82, 2.24) is 0 Å². The maximum atomic E-state index is 13.8. The average Bonchev–Trinajstić information content (AvgIpc) is 2.43. The Bertz CT molecular complexity index is 687. The van der Waals surface area contributed by atoms with E-state index in [0.29, 0.717) is 5.69 Å². The van der Waals surface area contributed by atoms with Gasteiger partial charge < -0.3 is 16.0 Å². The summed E-state index contributed by atoms with van der Waals surface area (Å²) in [5.74, 6) is -2.45. The van der Waals surface area contributed by atoms with E-state index in [2.05, 4.69) is 5.32 Å². The summed E-state index contributed by atoms with van der Waals surface area (Å²) in [6.07, 6.45) is 0. The predicted octanol–water partition coefficient (Wildman–Crippen LogP) is 2.87. The number of carbonyl (C=O) groups is 1. The second-order valence-electron chi connectivity index (χ2n) is 4.76. The number of nitrogens with one attached hydrogen (secondary N) is 1. The fourth-order valence-electron chi connectivity index (χ4n) is 1.84. The molecule has 1 amide bonds. The van der Waals surface area contributed by atoms with Crippen LogP contribution in [0.2, 0.25) is 0 Å². The first-order chi connectivity index (χ1) is 9.88. The van der Waals surface area contributed by atoms with Gasteiger partial charge in [-0.1, -0.05) is 6.07 Å². The number of amides is 1. The van der Waals surface area contributed by atoms with Gasteiger partial charge in [0.1, 0.15) is 5.82 Å². The molecule has 0 spiro atoms. The van der Waals surface area contributed by atoms with E-state index < -0.39 is 28.8 Å². The topological polar surface area (TPSA) is 58.4 Å². The number of hydrogen-bond donors (Lipinski definition) is 2. The molecule has 6 heteroatoms. The molecule has 110 valence electrons. The third kappa shape index (κ3) is 3.28. The third-order valence-corrected chi connectivity index (χ3v) is 2.93. The van der Waals surface area contributed by atoms with Gasteiger partial charge in [-0.2, -0.15) is 0 Å². The molecule has 0 fully saturated rings. The van der Waals surface area contributed by atoms with Crippen molar-refractivity contribution in [3.8, 4) is 0 Å². The molecule has 0 bridgehead atoms. The lowest BCUT2D eigenvalue weighted by Crippen LogP contribution is -2.16. The Kier molecular flexibility index (Phi) is 4.07. The molecule has 3 N–H and O–H groups in total. The minimum atomic E-state index is -0.933. The molecule has 0 atom stereocenters. The maximum absolute atomic E-state index is 13.8. The van der Waals surface area contributed by atoms with Gasteiger partial charge in [-0.25, -0.2) is 8.78 Å². The molecule has 0 aliphatic carbocycles. The van der Waals surface area contributed by atoms with Crippen molar-refractivity contribution in [3.05, 3.63) is 53.6 Å². The Morgan fingerprint density at radius 1 is 1.19 bits per heavy atom. The zero-order chi connectivity index (χ0) is 15.6. The highest BCUT2D eigenvalue weighted by molar-refractivity contribution is 6.05. The first kappa shape index (κ1) is 14.8. The van der Waals surface area contributed by atoms with Crippen LogP contribution >= 0.6 is 0 Å². The Balaban J connectivity index is 2.28. The van der Waals surface area contributed by atoms with Crippen LogP contribution in [0.15, 0.2) is 36.4 Å². The van der Waals surface area contributed by atoms with Gasteiger partial charge in [0, 0.05) is 25.5 Å². The van der Waals surface area contributed by atoms with Crippen molar-refractivity contribution in [2.24, 2.45) is 0 Å². The molecule has 0 radical (unpaired) electrons. The fraction of sp³-hybridized carbons (Fsp3) is 0.133. The molecule has 2 aromatic carbocycles. The molecule has 4 nitrogen and oxygen atoms in total. The van der Waals surface area contributed by atoms with Crippen LogP contribution in [-0.2, 0) is 0 Å². The van der Waals surface area contributed by atoms with Crippen molar-refractivity contribution in [1.29, 1.82) is 0 Å². The van der Waals surface area contributed by atoms with Gasteiger partial charge >= 0.3 is 0 Å². The van der Waals surface area contributed by atoms with Crippen LogP contribution in [0.4, 0.5) is 25.8 Å². The summed E-state index contributed by atoms with van der Waals surface area (Å²) in [5, 5.41) is 2.52. The Labute approximate surface area is 121 Å². The summed E-state index contributed by atoms with van der Waals surface area (Å²) in [7, 11) is 3.71. The van der Waals surface area contributed by atoms with Crippen molar-refractivity contribution in [3.63, 3.8) is 0 Å². The monoisotopic (exact) mass is 291 g/mol. The molecule has 0 aliphatic heterocycles. The number of halogens is 2. The summed E-state index contributed by atoms with van der Waals surface area (Å²) in [6, 6.07) is 8.64. The van der Waals surface area contributed by atoms with E-state index in [1.165, 1.54) is 0 Å². The van der Waals surface area contributed by atoms with E-state index in [4.69, 9.17) is 5.73 Å². The van der Waals surface area contributed by atoms with Crippen LogP contribution in [0.3, 0.4) is 0 Å². The number of rotatable bonds is 3. The van der Waals surface area contributed by atoms with Crippen LogP contribution in [0.25, 0.3) is 0 Å². The summed E-state index contributed by atoms with van der Waals surface area (Å²) in [5.41, 5.74) is 5.83. The Hall–Kier alpha value is -2.63. The Morgan fingerprint density at radius 2 is 1.90 bits per heavy atom. The van der Waals surface area contributed by atoms with E-state index in [0.717, 1.165) is 17.8 Å². The average molecular weight is 291 g/mol. The molecule has 0 saturated heterocycles. The van der Waals surface area contributed by atoms with Crippen LogP contribution in [0.5, 0.6) is 0 Å². The molecule has 0 heterocycles. The zero-order valence-electron chi connectivity index (χ0n) is 11.7. The lowest BCUT2D eigenvalue weighted by Gasteiger charge is -2.14. The van der Waals surface area contributed by atoms with Gasteiger partial charge in [0.2, 0.25) is 0 Å². The quantitative estimate of drug-likeness (QED) is 0.855. The molecule has 2 rings (SSSR count). The van der Waals surface area contributed by atoms with Gasteiger partial charge in [0.05, 0.1) is 11.3 Å². The number of nitrogens with zero attached hydrogens (tertiary/aromatic N) is 1. The molecule has 0 unspecified atom stereocenters. The molecular weight excluding hydrogens is 276 g/mol. The van der Waals surface area contributed by atoms with E-state index in [9.17, 15) is 13.6 Å². The molecule has 0 aromatic heterocycles. The smallest absolute Gasteiger partial charge is 0.258 e. The summed E-state index contributed by atoms with van der Waals surface area (Å²) >= 11 is 0. The van der Waals surface area contributed by atoms with Crippen LogP contribution in [0.1, 0.15) is 10.4 Å². The second-order valence-corrected chi connectivity index (χ2v) is 4.76. The third-order valence-electron chi connectivity index (χ3n) is 2.93. The Morgan fingerprint density at radius 3 is 2.57 bits per heavy atom. The van der Waals surface area contributed by atoms with Gasteiger partial charge in [-0.05, 0) is 30.3 Å². The normalized spacial score (nSPS) is 10.3. The highest BCUT2D eigenvalue weighted by Gasteiger charge is 2.16. The van der Waals surface area contributed by atoms with E-state index in [1.807, 2.05) is 25.1 Å². The standard InChI is InChI=1S/C15H15F2N3O/c1-20(2)11-5-3-4-10(8-11)19-15(21)12-6-9(16)7-13(18)14(12)17/h3-8H,18H2,1-2H3,(H,19,21). The molecule has 21 heavy (non-hydrogen) atoms. The lowest BCUT2D eigenvalue weighted by atomic mass is 10.1. The van der Waals surface area contributed by atoms with Gasteiger partial charge in [-0.3, -0.25) is 4.79 Å². The van der Waals surface area contributed by atoms with Crippen LogP contribution in [0, 0.1) is 11.6 Å². The number of nitrogen functional groups attached to an aromatic ring is 1. The number of nitrogens with two attached hydrogens (primary N) is 1. The number of hydrogen-bond acceptors (Lipinski definition) is 3. The van der Waals surface area contributed by atoms with Crippen molar-refractivity contribution in [2.75, 3.05) is 30.0 Å². The summed E-state index contributed by atoms with van der Waals surface area (Å²) in [6.45, 7) is 0. The van der Waals surface area contributed by atoms with Crippen LogP contribution < -0.4 is 16.0 Å². The number of benzene rings is 2. The van der Waals surface area contributed by atoms with Crippen molar-refractivity contribution < 1.29 is 13.6 Å². The van der Waals surface area contributed by atoms with Gasteiger partial charge in [0.25, 0.3) is 5.91 Å². The fourth-order valence-corrected chi connectivity index (χ4v) is 1.84. The van der Waals surface area contributed by atoms with Gasteiger partial charge in [-0.15, -0.1) is 0 Å². The highest BCUT2D eigenvalue weighted by Crippen LogP contribution is 2.21. The lowest BCUT2D eigenvalue weighted by molar-refractivity contribution is 0.102. The first-order valence-corrected chi connectivity index (χ1v) is 6.21. The van der Waals surface area contributed by atoms with E-state index in [-0.39, 0.29) is 0 Å². The first-order valence-electron chi connectivity index (χ1n) is 6.21. The van der Waals surface area contributed by atoms with E-state index in [1.54, 1.807) is 18.2 Å². The minimum Gasteiger partial charge on any atom is -0.396 e. The molecular formula is C15H15F2N3O. The van der Waals surface area contributed by atoms with Crippen LogP contribution in [-0.4, -0.2) is 20.0 Å². The highest BCUT2D eigenvalue weighted by atomic mass is 19.1. The van der Waals surface area contributed by atoms with E-state index >= 15 is 0 Å². The SMILES string of the molecule is CN(C)c1cccc(NC(=O)c2cc(F)cc(N)c2F)c1. The largest absolute Gasteiger partial charge is 0.396 e. The summed E-state index contributed by atoms with van der Waals surface area (Å²) in [4.78, 5) is 13.9. The van der Waals surface area contributed by atoms with Crippen molar-refractivity contribution >= 4 is 23.0 Å². The van der Waals surface area contributed by atoms with Crippen molar-refractivity contribution in [2.45, 2.75) is 0 Å².